The highest BCUT2D eigenvalue weighted by Gasteiger charge is 2.35. The van der Waals surface area contributed by atoms with Gasteiger partial charge in [0.1, 0.15) is 0 Å². The van der Waals surface area contributed by atoms with Crippen molar-refractivity contribution in [1.82, 2.24) is 8.84 Å². The molecule has 0 bridgehead atoms. The van der Waals surface area contributed by atoms with Crippen molar-refractivity contribution in [2.24, 2.45) is 5.41 Å². The van der Waals surface area contributed by atoms with Gasteiger partial charge in [-0.05, 0) is 76.3 Å². The zero-order valence-corrected chi connectivity index (χ0v) is 12.6. The second-order valence-corrected chi connectivity index (χ2v) is 6.75. The monoisotopic (exact) mass is 302 g/mol. The van der Waals surface area contributed by atoms with E-state index >= 15 is 0 Å². The molecule has 0 radical (unpaired) electrons. The minimum atomic E-state index is -0.725. The van der Waals surface area contributed by atoms with Crippen LogP contribution >= 0.6 is 23.6 Å². The number of likely N-dealkylation sites (tertiary alicyclic amines) is 1. The van der Waals surface area contributed by atoms with Gasteiger partial charge in [0.25, 0.3) is 0 Å². The zero-order valence-electron chi connectivity index (χ0n) is 11.1. The first-order chi connectivity index (χ1) is 8.35. The van der Waals surface area contributed by atoms with Crippen LogP contribution in [0, 0.1) is 5.41 Å². The fourth-order valence-corrected chi connectivity index (χ4v) is 2.24. The molecule has 1 fully saturated rings. The summed E-state index contributed by atoms with van der Waals surface area (Å²) >= 11 is 11.5. The molecule has 1 heterocycles. The third kappa shape index (κ3) is 4.19. The molecule has 1 aliphatic heterocycles. The predicted molar refractivity (Wildman–Crippen MR) is 72.3 cm³/mol. The summed E-state index contributed by atoms with van der Waals surface area (Å²) in [6.45, 7) is 5.15. The Hall–Kier alpha value is 0.360. The minimum absolute atomic E-state index is 0.294. The van der Waals surface area contributed by atoms with Gasteiger partial charge in [-0.1, -0.05) is 0 Å². The summed E-state index contributed by atoms with van der Waals surface area (Å²) in [5.41, 5.74) is -1.02. The number of hydrogen-bond donors (Lipinski definition) is 0. The van der Waals surface area contributed by atoms with Gasteiger partial charge in [0, 0.05) is 11.0 Å². The smallest absolute Gasteiger partial charge is 0.0976 e. The fraction of sp³-hybridized carbons (Fsp3) is 1.00. The highest BCUT2D eigenvalue weighted by Crippen LogP contribution is 2.33. The van der Waals surface area contributed by atoms with Gasteiger partial charge < -0.3 is 4.90 Å². The standard InChI is InChI=1S/C12H22Cl2F2N2/c1-11(2,18(13)14)3-6-17-7-4-12(9-15,10-16)5-8-17/h3-10H2,1-2H3. The molecule has 0 aliphatic carbocycles. The molecule has 108 valence electrons. The molecule has 0 unspecified atom stereocenters. The largest absolute Gasteiger partial charge is 0.303 e. The lowest BCUT2D eigenvalue weighted by Crippen LogP contribution is -2.44. The van der Waals surface area contributed by atoms with E-state index in [9.17, 15) is 8.78 Å². The molecule has 0 aromatic carbocycles. The van der Waals surface area contributed by atoms with Crippen LogP contribution in [0.1, 0.15) is 33.1 Å². The normalized spacial score (nSPS) is 21.5. The van der Waals surface area contributed by atoms with Crippen molar-refractivity contribution < 1.29 is 8.78 Å². The van der Waals surface area contributed by atoms with Gasteiger partial charge in [0.15, 0.2) is 0 Å². The fourth-order valence-electron chi connectivity index (χ4n) is 2.07. The maximum Gasteiger partial charge on any atom is 0.0976 e. The van der Waals surface area contributed by atoms with Gasteiger partial charge in [-0.2, -0.15) is 0 Å². The number of piperidine rings is 1. The molecule has 6 heteroatoms. The molecule has 1 rings (SSSR count). The Kier molecular flexibility index (Phi) is 6.10. The van der Waals surface area contributed by atoms with Crippen LogP contribution in [-0.2, 0) is 0 Å². The Bertz CT molecular complexity index is 248. The van der Waals surface area contributed by atoms with Crippen molar-refractivity contribution in [3.05, 3.63) is 0 Å². The van der Waals surface area contributed by atoms with Crippen molar-refractivity contribution in [1.29, 1.82) is 0 Å². The first-order valence-corrected chi connectivity index (χ1v) is 6.99. The Morgan fingerprint density at radius 2 is 1.67 bits per heavy atom. The Morgan fingerprint density at radius 1 is 1.17 bits per heavy atom. The number of halogens is 4. The average Bonchev–Trinajstić information content (AvgIpc) is 2.37. The highest BCUT2D eigenvalue weighted by atomic mass is 35.5. The summed E-state index contributed by atoms with van der Waals surface area (Å²) in [4.78, 5) is 2.22. The van der Waals surface area contributed by atoms with Crippen LogP contribution in [0.25, 0.3) is 0 Å². The van der Waals surface area contributed by atoms with E-state index in [4.69, 9.17) is 23.6 Å². The topological polar surface area (TPSA) is 6.48 Å². The van der Waals surface area contributed by atoms with Crippen molar-refractivity contribution >= 4 is 23.6 Å². The van der Waals surface area contributed by atoms with E-state index < -0.39 is 18.8 Å². The molecule has 0 saturated carbocycles. The number of alkyl halides is 2. The third-order valence-corrected chi connectivity index (χ3v) is 4.90. The van der Waals surface area contributed by atoms with E-state index in [1.165, 1.54) is 3.94 Å². The van der Waals surface area contributed by atoms with Crippen molar-refractivity contribution in [3.8, 4) is 0 Å². The molecule has 0 atom stereocenters. The van der Waals surface area contributed by atoms with E-state index in [-0.39, 0.29) is 5.54 Å². The van der Waals surface area contributed by atoms with E-state index in [1.54, 1.807) is 0 Å². The predicted octanol–water partition coefficient (Wildman–Crippen LogP) is 3.79. The van der Waals surface area contributed by atoms with Crippen LogP contribution < -0.4 is 0 Å². The summed E-state index contributed by atoms with van der Waals surface area (Å²) in [5.74, 6) is 0. The lowest BCUT2D eigenvalue weighted by Gasteiger charge is -2.39. The number of rotatable bonds is 6. The quantitative estimate of drug-likeness (QED) is 0.689. The SMILES string of the molecule is CC(C)(CCN1CCC(CF)(CF)CC1)N(Cl)Cl. The first kappa shape index (κ1) is 16.4. The molecule has 0 spiro atoms. The van der Waals surface area contributed by atoms with Gasteiger partial charge in [0.2, 0.25) is 0 Å². The lowest BCUT2D eigenvalue weighted by molar-refractivity contribution is 0.0504. The molecule has 0 aromatic rings. The van der Waals surface area contributed by atoms with Gasteiger partial charge >= 0.3 is 0 Å². The van der Waals surface area contributed by atoms with Gasteiger partial charge in [-0.25, -0.2) is 0 Å². The second kappa shape index (κ2) is 6.69. The molecule has 18 heavy (non-hydrogen) atoms. The van der Waals surface area contributed by atoms with Gasteiger partial charge in [-0.3, -0.25) is 8.78 Å². The van der Waals surface area contributed by atoms with Gasteiger partial charge in [-0.15, -0.1) is 3.94 Å². The van der Waals surface area contributed by atoms with Gasteiger partial charge in [0.05, 0.1) is 13.3 Å². The van der Waals surface area contributed by atoms with Crippen LogP contribution in [0.5, 0.6) is 0 Å². The van der Waals surface area contributed by atoms with Crippen LogP contribution in [-0.4, -0.2) is 47.4 Å². The Morgan fingerprint density at radius 3 is 2.06 bits per heavy atom. The average molecular weight is 303 g/mol. The first-order valence-electron chi connectivity index (χ1n) is 6.31. The van der Waals surface area contributed by atoms with Crippen LogP contribution in [0.2, 0.25) is 0 Å². The van der Waals surface area contributed by atoms with Crippen LogP contribution in [0.3, 0.4) is 0 Å². The summed E-state index contributed by atoms with van der Waals surface area (Å²) in [5, 5.41) is 0. The zero-order chi connectivity index (χ0) is 13.8. The molecule has 0 aromatic heterocycles. The van der Waals surface area contributed by atoms with Crippen LogP contribution in [0.4, 0.5) is 8.78 Å². The summed E-state index contributed by atoms with van der Waals surface area (Å²) in [6, 6.07) is 0. The Labute approximate surface area is 118 Å². The Balaban J connectivity index is 2.36. The van der Waals surface area contributed by atoms with Crippen molar-refractivity contribution in [2.75, 3.05) is 33.0 Å². The molecule has 1 saturated heterocycles. The van der Waals surface area contributed by atoms with Crippen molar-refractivity contribution in [2.45, 2.75) is 38.6 Å². The molecular formula is C12H22Cl2F2N2. The molecular weight excluding hydrogens is 281 g/mol. The number of hydrogen-bond acceptors (Lipinski definition) is 2. The maximum absolute atomic E-state index is 12.8. The summed E-state index contributed by atoms with van der Waals surface area (Å²) in [7, 11) is 0. The highest BCUT2D eigenvalue weighted by molar-refractivity contribution is 6.34. The molecule has 1 aliphatic rings. The van der Waals surface area contributed by atoms with E-state index in [0.29, 0.717) is 12.8 Å². The van der Waals surface area contributed by atoms with Crippen LogP contribution in [0.15, 0.2) is 0 Å². The maximum atomic E-state index is 12.8. The molecule has 2 nitrogen and oxygen atoms in total. The van der Waals surface area contributed by atoms with Crippen molar-refractivity contribution in [3.63, 3.8) is 0 Å². The molecule has 0 N–H and O–H groups in total. The van der Waals surface area contributed by atoms with E-state index in [2.05, 4.69) is 4.90 Å². The third-order valence-electron chi connectivity index (χ3n) is 3.98. The summed E-state index contributed by atoms with van der Waals surface area (Å²) < 4.78 is 26.9. The van der Waals surface area contributed by atoms with E-state index in [1.807, 2.05) is 13.8 Å². The second-order valence-electron chi connectivity index (χ2n) is 5.90. The number of nitrogens with zero attached hydrogens (tertiary/aromatic N) is 2. The van der Waals surface area contributed by atoms with E-state index in [0.717, 1.165) is 26.1 Å². The minimum Gasteiger partial charge on any atom is -0.303 e. The summed E-state index contributed by atoms with van der Waals surface area (Å²) in [6.07, 6.45) is 2.00. The molecule has 0 amide bonds. The lowest BCUT2D eigenvalue weighted by atomic mass is 9.81.